The Bertz CT molecular complexity index is 2090. The number of alkyl carbamates (subject to hydrolysis) is 1. The fourth-order valence-electron chi connectivity index (χ4n) is 6.94. The van der Waals surface area contributed by atoms with E-state index in [1.165, 1.54) is 4.90 Å². The maximum atomic E-state index is 14.6. The van der Waals surface area contributed by atoms with Crippen LogP contribution in [0.15, 0.2) is 67.5 Å². The second-order valence-electron chi connectivity index (χ2n) is 16.8. The van der Waals surface area contributed by atoms with Crippen LogP contribution in [0, 0.1) is 16.7 Å². The molecule has 0 radical (unpaired) electrons. The Labute approximate surface area is 321 Å². The third kappa shape index (κ3) is 8.93. The van der Waals surface area contributed by atoms with Crippen molar-refractivity contribution in [2.45, 2.75) is 96.3 Å². The summed E-state index contributed by atoms with van der Waals surface area (Å²) in [5.41, 5.74) is -1.35. The van der Waals surface area contributed by atoms with Crippen molar-refractivity contribution in [1.82, 2.24) is 30.2 Å². The minimum Gasteiger partial charge on any atom is -0.472 e. The van der Waals surface area contributed by atoms with Crippen molar-refractivity contribution in [2.75, 3.05) is 13.1 Å². The Morgan fingerprint density at radius 3 is 2.36 bits per heavy atom. The Kier molecular flexibility index (Phi) is 10.7. The van der Waals surface area contributed by atoms with Crippen molar-refractivity contribution in [1.29, 1.82) is 0 Å². The van der Waals surface area contributed by atoms with Gasteiger partial charge in [0, 0.05) is 36.3 Å². The lowest BCUT2D eigenvalue weighted by Crippen LogP contribution is -2.58. The summed E-state index contributed by atoms with van der Waals surface area (Å²) < 4.78 is 39.6. The number of carbonyl (C=O) groups is 4. The van der Waals surface area contributed by atoms with Crippen LogP contribution in [-0.2, 0) is 29.1 Å². The number of benzene rings is 1. The molecular weight excluding hydrogens is 725 g/mol. The van der Waals surface area contributed by atoms with Gasteiger partial charge < -0.3 is 25.0 Å². The summed E-state index contributed by atoms with van der Waals surface area (Å²) in [5, 5.41) is 6.61. The molecule has 294 valence electrons. The highest BCUT2D eigenvalue weighted by molar-refractivity contribution is 7.90. The van der Waals surface area contributed by atoms with Crippen molar-refractivity contribution in [3.8, 4) is 17.1 Å². The average molecular weight is 775 g/mol. The predicted molar refractivity (Wildman–Crippen MR) is 206 cm³/mol. The first-order valence-electron chi connectivity index (χ1n) is 18.5. The maximum Gasteiger partial charge on any atom is 0.408 e. The monoisotopic (exact) mass is 774 g/mol. The molecule has 3 N–H and O–H groups in total. The molecule has 5 atom stereocenters. The molecule has 3 heterocycles. The van der Waals surface area contributed by atoms with Crippen LogP contribution >= 0.6 is 0 Å². The number of nitrogens with zero attached hydrogens (tertiary/aromatic N) is 3. The number of carbonyl (C=O) groups excluding carboxylic acids is 4. The van der Waals surface area contributed by atoms with Gasteiger partial charge in [0.05, 0.1) is 22.9 Å². The summed E-state index contributed by atoms with van der Waals surface area (Å²) >= 11 is 0. The number of pyridine rings is 2. The van der Waals surface area contributed by atoms with Crippen LogP contribution in [0.1, 0.15) is 67.2 Å². The molecule has 15 heteroatoms. The summed E-state index contributed by atoms with van der Waals surface area (Å²) in [4.78, 5) is 65.5. The molecule has 2 aromatic heterocycles. The van der Waals surface area contributed by atoms with Gasteiger partial charge in [0.1, 0.15) is 23.8 Å². The summed E-state index contributed by atoms with van der Waals surface area (Å²) in [7, 11) is -3.82. The highest BCUT2D eigenvalue weighted by atomic mass is 32.2. The van der Waals surface area contributed by atoms with E-state index in [9.17, 15) is 27.6 Å². The molecule has 0 unspecified atom stereocenters. The molecular formula is C40H50N6O8S. The van der Waals surface area contributed by atoms with Crippen molar-refractivity contribution in [3.05, 3.63) is 67.5 Å². The molecule has 2 saturated carbocycles. The van der Waals surface area contributed by atoms with Crippen molar-refractivity contribution >= 4 is 44.6 Å². The van der Waals surface area contributed by atoms with Gasteiger partial charge in [-0.3, -0.25) is 24.1 Å². The normalized spacial score (nSPS) is 23.0. The molecule has 1 saturated heterocycles. The third-order valence-corrected chi connectivity index (χ3v) is 12.0. The van der Waals surface area contributed by atoms with Crippen LogP contribution in [0.25, 0.3) is 22.0 Å². The smallest absolute Gasteiger partial charge is 0.408 e. The largest absolute Gasteiger partial charge is 0.472 e. The van der Waals surface area contributed by atoms with Gasteiger partial charge >= 0.3 is 6.09 Å². The van der Waals surface area contributed by atoms with Crippen LogP contribution in [0.4, 0.5) is 4.79 Å². The fraction of sp³-hybridized carbons (Fsp3) is 0.500. The van der Waals surface area contributed by atoms with Gasteiger partial charge in [0.2, 0.25) is 33.6 Å². The molecule has 3 fully saturated rings. The topological polar surface area (TPSA) is 186 Å². The first-order chi connectivity index (χ1) is 25.8. The number of rotatable bonds is 12. The van der Waals surface area contributed by atoms with Gasteiger partial charge in [0.25, 0.3) is 0 Å². The average Bonchev–Trinajstić information content (AvgIpc) is 4.05. The van der Waals surface area contributed by atoms with E-state index in [0.29, 0.717) is 30.8 Å². The first kappa shape index (κ1) is 39.6. The van der Waals surface area contributed by atoms with Gasteiger partial charge in [-0.2, -0.15) is 0 Å². The molecule has 0 spiro atoms. The Balaban J connectivity index is 1.29. The number of fused-ring (bicyclic) bond motifs is 1. The van der Waals surface area contributed by atoms with E-state index in [1.54, 1.807) is 60.0 Å². The van der Waals surface area contributed by atoms with Crippen LogP contribution in [0.5, 0.6) is 5.88 Å². The van der Waals surface area contributed by atoms with Crippen LogP contribution < -0.4 is 20.1 Å². The zero-order chi connectivity index (χ0) is 39.9. The highest BCUT2D eigenvalue weighted by Gasteiger charge is 2.60. The summed E-state index contributed by atoms with van der Waals surface area (Å²) in [6.45, 7) is 14.2. The SMILES string of the molecule is C=C[C@@H]1C[C@]1(CNC(=O)[C@@H]1C[C@@H](Oc2nc(-c3ccncc3)cc3ccccc23)CN1C(=O)[C@@H](NC(=O)OC(C)(C)C)C(C)(C)C)C(=O)NS(=O)(=O)C1CC1. The summed E-state index contributed by atoms with van der Waals surface area (Å²) in [6.07, 6.45) is 4.80. The number of nitrogens with one attached hydrogen (secondary N) is 3. The first-order valence-corrected chi connectivity index (χ1v) is 20.1. The van der Waals surface area contributed by atoms with Gasteiger partial charge in [-0.05, 0) is 81.0 Å². The van der Waals surface area contributed by atoms with Crippen LogP contribution in [0.2, 0.25) is 0 Å². The van der Waals surface area contributed by atoms with Crippen molar-refractivity contribution in [3.63, 3.8) is 0 Å². The van der Waals surface area contributed by atoms with Crippen molar-refractivity contribution < 1.29 is 37.1 Å². The number of sulfonamides is 1. The van der Waals surface area contributed by atoms with Gasteiger partial charge in [-0.1, -0.05) is 45.0 Å². The number of likely N-dealkylation sites (tertiary alicyclic amines) is 1. The van der Waals surface area contributed by atoms with E-state index < -0.39 is 73.7 Å². The van der Waals surface area contributed by atoms with E-state index >= 15 is 0 Å². The molecule has 6 rings (SSSR count). The van der Waals surface area contributed by atoms with Crippen LogP contribution in [0.3, 0.4) is 0 Å². The Morgan fingerprint density at radius 1 is 1.05 bits per heavy atom. The molecule has 3 aromatic rings. The molecule has 1 aromatic carbocycles. The zero-order valence-electron chi connectivity index (χ0n) is 32.1. The number of ether oxygens (including phenoxy) is 2. The lowest BCUT2D eigenvalue weighted by Gasteiger charge is -2.35. The molecule has 14 nitrogen and oxygen atoms in total. The standard InChI is InChI=1S/C40H50N6O8S/c1-8-26-21-40(26,36(49)45-55(51,52)28-13-14-28)23-42-33(47)31-20-27(22-46(31)35(48)32(38(2,3)4)44-37(50)54-39(5,6)7)53-34-29-12-10-9-11-25(29)19-30(43-34)24-15-17-41-18-16-24/h8-12,15-19,26-28,31-32H,1,13-14,20-23H2,2-7H3,(H,42,47)(H,44,50)(H,45,49)/t26-,27-,31+,32-,40-/m1/s1. The minimum atomic E-state index is -3.82. The third-order valence-electron chi connectivity index (χ3n) is 10.2. The quantitative estimate of drug-likeness (QED) is 0.221. The lowest BCUT2D eigenvalue weighted by atomic mass is 9.85. The molecule has 2 aliphatic carbocycles. The number of aromatic nitrogens is 2. The van der Waals surface area contributed by atoms with E-state index in [2.05, 4.69) is 26.9 Å². The molecule has 0 bridgehead atoms. The van der Waals surface area contributed by atoms with Gasteiger partial charge in [-0.15, -0.1) is 6.58 Å². The van der Waals surface area contributed by atoms with E-state index in [-0.39, 0.29) is 25.4 Å². The van der Waals surface area contributed by atoms with Crippen LogP contribution in [-0.4, -0.2) is 89.2 Å². The summed E-state index contributed by atoms with van der Waals surface area (Å²) in [6, 6.07) is 11.1. The number of allylic oxidation sites excluding steroid dienone is 1. The second-order valence-corrected chi connectivity index (χ2v) is 18.8. The summed E-state index contributed by atoms with van der Waals surface area (Å²) in [5.74, 6) is -1.80. The van der Waals surface area contributed by atoms with E-state index in [4.69, 9.17) is 14.5 Å². The van der Waals surface area contributed by atoms with Gasteiger partial charge in [0.15, 0.2) is 0 Å². The Hall–Kier alpha value is -5.05. The zero-order valence-corrected chi connectivity index (χ0v) is 32.9. The number of hydrogen-bond acceptors (Lipinski definition) is 10. The maximum absolute atomic E-state index is 14.6. The molecule has 1 aliphatic heterocycles. The molecule has 3 aliphatic rings. The molecule has 4 amide bonds. The van der Waals surface area contributed by atoms with Gasteiger partial charge in [-0.25, -0.2) is 18.2 Å². The number of hydrogen-bond donors (Lipinski definition) is 3. The van der Waals surface area contributed by atoms with Crippen molar-refractivity contribution in [2.24, 2.45) is 16.7 Å². The predicted octanol–water partition coefficient (Wildman–Crippen LogP) is 4.50. The molecule has 55 heavy (non-hydrogen) atoms. The van der Waals surface area contributed by atoms with E-state index in [1.807, 2.05) is 42.5 Å². The second kappa shape index (κ2) is 14.9. The van der Waals surface area contributed by atoms with E-state index in [0.717, 1.165) is 16.3 Å². The minimum absolute atomic E-state index is 0.0183. The number of amides is 4. The fourth-order valence-corrected chi connectivity index (χ4v) is 8.33. The lowest BCUT2D eigenvalue weighted by molar-refractivity contribution is -0.142. The Morgan fingerprint density at radius 2 is 1.75 bits per heavy atom. The highest BCUT2D eigenvalue weighted by Crippen LogP contribution is 2.53.